The molecule has 0 unspecified atom stereocenters. The number of ketones is 1. The van der Waals surface area contributed by atoms with Gasteiger partial charge in [-0.25, -0.2) is 0 Å². The van der Waals surface area contributed by atoms with E-state index in [1.807, 2.05) is 36.4 Å². The topological polar surface area (TPSA) is 38.8 Å². The summed E-state index contributed by atoms with van der Waals surface area (Å²) < 4.78 is 11.4. The van der Waals surface area contributed by atoms with Crippen LogP contribution in [-0.2, 0) is 17.8 Å². The van der Waals surface area contributed by atoms with Crippen molar-refractivity contribution in [3.8, 4) is 11.5 Å². The van der Waals surface area contributed by atoms with Crippen LogP contribution in [0.15, 0.2) is 109 Å². The van der Waals surface area contributed by atoms with Gasteiger partial charge in [-0.1, -0.05) is 84.9 Å². The molecule has 4 nitrogen and oxygen atoms in total. The quantitative estimate of drug-likeness (QED) is 0.174. The van der Waals surface area contributed by atoms with Crippen LogP contribution in [0.5, 0.6) is 11.5 Å². The fraction of sp³-hybridized carbons (Fsp3) is 0.265. The molecule has 0 N–H and O–H groups in total. The highest BCUT2D eigenvalue weighted by Gasteiger charge is 2.18. The van der Waals surface area contributed by atoms with E-state index < -0.39 is 0 Å². The Morgan fingerprint density at radius 1 is 0.763 bits per heavy atom. The first kappa shape index (κ1) is 27.2. The summed E-state index contributed by atoms with van der Waals surface area (Å²) in [5.74, 6) is 2.10. The SMILES string of the molecule is COc1ccc(CN(CCCOc2cccc(CC(C)=O)c2)CC(c2ccccc2)c2ccccc2)cc1. The van der Waals surface area contributed by atoms with E-state index >= 15 is 0 Å². The van der Waals surface area contributed by atoms with Gasteiger partial charge in [0.2, 0.25) is 0 Å². The average molecular weight is 508 g/mol. The number of rotatable bonds is 14. The molecule has 0 radical (unpaired) electrons. The Hall–Kier alpha value is -3.89. The Labute approximate surface area is 226 Å². The van der Waals surface area contributed by atoms with Gasteiger partial charge in [-0.15, -0.1) is 0 Å². The molecule has 0 aromatic heterocycles. The molecule has 0 spiro atoms. The van der Waals surface area contributed by atoms with Crippen LogP contribution in [0, 0.1) is 0 Å². The first-order chi connectivity index (χ1) is 18.6. The lowest BCUT2D eigenvalue weighted by Gasteiger charge is -2.28. The molecule has 4 aromatic rings. The average Bonchev–Trinajstić information content (AvgIpc) is 2.95. The van der Waals surface area contributed by atoms with Crippen molar-refractivity contribution >= 4 is 5.78 Å². The van der Waals surface area contributed by atoms with Crippen molar-refractivity contribution in [3.63, 3.8) is 0 Å². The molecule has 0 aliphatic carbocycles. The van der Waals surface area contributed by atoms with Crippen LogP contribution in [-0.4, -0.2) is 37.5 Å². The smallest absolute Gasteiger partial charge is 0.134 e. The van der Waals surface area contributed by atoms with E-state index in [1.54, 1.807) is 14.0 Å². The van der Waals surface area contributed by atoms with E-state index in [0.717, 1.165) is 43.1 Å². The van der Waals surface area contributed by atoms with Crippen LogP contribution in [0.1, 0.15) is 41.5 Å². The Balaban J connectivity index is 1.46. The standard InChI is InChI=1S/C34H37NO3/c1-27(36)23-29-11-9-16-33(24-29)38-22-10-21-35(25-28-17-19-32(37-2)20-18-28)26-34(30-12-5-3-6-13-30)31-14-7-4-8-15-31/h3-9,11-20,24,34H,10,21-23,25-26H2,1-2H3. The number of ether oxygens (including phenoxy) is 2. The third-order valence-corrected chi connectivity index (χ3v) is 6.65. The van der Waals surface area contributed by atoms with Crippen molar-refractivity contribution in [1.82, 2.24) is 4.90 Å². The second kappa shape index (κ2) is 14.2. The second-order valence-electron chi connectivity index (χ2n) is 9.69. The van der Waals surface area contributed by atoms with Crippen LogP contribution >= 0.6 is 0 Å². The molecular weight excluding hydrogens is 470 g/mol. The first-order valence-electron chi connectivity index (χ1n) is 13.3. The number of carbonyl (C=O) groups is 1. The minimum Gasteiger partial charge on any atom is -0.497 e. The summed E-state index contributed by atoms with van der Waals surface area (Å²) in [4.78, 5) is 14.0. The predicted molar refractivity (Wildman–Crippen MR) is 154 cm³/mol. The molecule has 0 heterocycles. The molecule has 0 bridgehead atoms. The maximum Gasteiger partial charge on any atom is 0.134 e. The molecule has 0 aliphatic heterocycles. The molecule has 4 heteroatoms. The van der Waals surface area contributed by atoms with E-state index in [2.05, 4.69) is 77.7 Å². The van der Waals surface area contributed by atoms with Gasteiger partial charge < -0.3 is 9.47 Å². The Morgan fingerprint density at radius 3 is 2.03 bits per heavy atom. The highest BCUT2D eigenvalue weighted by Crippen LogP contribution is 2.27. The van der Waals surface area contributed by atoms with E-state index in [0.29, 0.717) is 13.0 Å². The van der Waals surface area contributed by atoms with Gasteiger partial charge in [0.25, 0.3) is 0 Å². The predicted octanol–water partition coefficient (Wildman–Crippen LogP) is 6.93. The largest absolute Gasteiger partial charge is 0.497 e. The monoisotopic (exact) mass is 507 g/mol. The first-order valence-corrected chi connectivity index (χ1v) is 13.3. The molecule has 0 saturated carbocycles. The zero-order chi connectivity index (χ0) is 26.6. The minimum absolute atomic E-state index is 0.155. The highest BCUT2D eigenvalue weighted by atomic mass is 16.5. The number of benzene rings is 4. The molecule has 0 aliphatic rings. The molecule has 4 aromatic carbocycles. The summed E-state index contributed by atoms with van der Waals surface area (Å²) in [6.07, 6.45) is 1.33. The van der Waals surface area contributed by atoms with Crippen molar-refractivity contribution < 1.29 is 14.3 Å². The molecule has 196 valence electrons. The van der Waals surface area contributed by atoms with Gasteiger partial charge in [0.15, 0.2) is 0 Å². The molecule has 0 amide bonds. The maximum absolute atomic E-state index is 11.5. The van der Waals surface area contributed by atoms with Gasteiger partial charge in [0.1, 0.15) is 17.3 Å². The van der Waals surface area contributed by atoms with Gasteiger partial charge in [-0.3, -0.25) is 9.69 Å². The van der Waals surface area contributed by atoms with Gasteiger partial charge in [-0.05, 0) is 59.9 Å². The Kier molecular flexibility index (Phi) is 10.1. The van der Waals surface area contributed by atoms with Crippen molar-refractivity contribution in [1.29, 1.82) is 0 Å². The zero-order valence-electron chi connectivity index (χ0n) is 22.4. The summed E-state index contributed by atoms with van der Waals surface area (Å²) in [6.45, 7) is 4.87. The minimum atomic E-state index is 0.155. The number of hydrogen-bond acceptors (Lipinski definition) is 4. The van der Waals surface area contributed by atoms with Crippen molar-refractivity contribution in [2.45, 2.75) is 32.2 Å². The molecule has 0 saturated heterocycles. The van der Waals surface area contributed by atoms with E-state index in [4.69, 9.17) is 9.47 Å². The summed E-state index contributed by atoms with van der Waals surface area (Å²) in [7, 11) is 1.70. The van der Waals surface area contributed by atoms with Crippen molar-refractivity contribution in [2.24, 2.45) is 0 Å². The molecule has 4 rings (SSSR count). The van der Waals surface area contributed by atoms with E-state index in [1.165, 1.54) is 16.7 Å². The third-order valence-electron chi connectivity index (χ3n) is 6.65. The number of methoxy groups -OCH3 is 1. The second-order valence-corrected chi connectivity index (χ2v) is 9.69. The fourth-order valence-electron chi connectivity index (χ4n) is 4.77. The number of nitrogens with zero attached hydrogens (tertiary/aromatic N) is 1. The van der Waals surface area contributed by atoms with Crippen molar-refractivity contribution in [3.05, 3.63) is 131 Å². The number of carbonyl (C=O) groups excluding carboxylic acids is 1. The third kappa shape index (κ3) is 8.32. The van der Waals surface area contributed by atoms with Gasteiger partial charge >= 0.3 is 0 Å². The van der Waals surface area contributed by atoms with Crippen LogP contribution in [0.25, 0.3) is 0 Å². The van der Waals surface area contributed by atoms with Crippen LogP contribution < -0.4 is 9.47 Å². The lowest BCUT2D eigenvalue weighted by Crippen LogP contribution is -2.30. The van der Waals surface area contributed by atoms with Crippen molar-refractivity contribution in [2.75, 3.05) is 26.8 Å². The zero-order valence-corrected chi connectivity index (χ0v) is 22.4. The van der Waals surface area contributed by atoms with Gasteiger partial charge in [0.05, 0.1) is 13.7 Å². The summed E-state index contributed by atoms with van der Waals surface area (Å²) in [5, 5.41) is 0. The normalized spacial score (nSPS) is 11.1. The summed E-state index contributed by atoms with van der Waals surface area (Å²) in [5.41, 5.74) is 4.88. The summed E-state index contributed by atoms with van der Waals surface area (Å²) >= 11 is 0. The highest BCUT2D eigenvalue weighted by molar-refractivity contribution is 5.78. The van der Waals surface area contributed by atoms with Crippen LogP contribution in [0.3, 0.4) is 0 Å². The van der Waals surface area contributed by atoms with Crippen LogP contribution in [0.2, 0.25) is 0 Å². The molecule has 0 fully saturated rings. The van der Waals surface area contributed by atoms with Gasteiger partial charge in [0, 0.05) is 32.0 Å². The lowest BCUT2D eigenvalue weighted by molar-refractivity contribution is -0.116. The Morgan fingerprint density at radius 2 is 1.42 bits per heavy atom. The fourth-order valence-corrected chi connectivity index (χ4v) is 4.77. The number of Topliss-reactive ketones (excluding diaryl/α,β-unsaturated/α-hetero) is 1. The molecular formula is C34H37NO3. The molecule has 38 heavy (non-hydrogen) atoms. The lowest BCUT2D eigenvalue weighted by atomic mass is 9.90. The van der Waals surface area contributed by atoms with Gasteiger partial charge in [-0.2, -0.15) is 0 Å². The molecule has 0 atom stereocenters. The Bertz CT molecular complexity index is 1220. The van der Waals surface area contributed by atoms with E-state index in [9.17, 15) is 4.79 Å². The summed E-state index contributed by atoms with van der Waals surface area (Å²) in [6, 6.07) is 37.7. The van der Waals surface area contributed by atoms with E-state index in [-0.39, 0.29) is 11.7 Å². The maximum atomic E-state index is 11.5. The van der Waals surface area contributed by atoms with Crippen LogP contribution in [0.4, 0.5) is 0 Å². The number of hydrogen-bond donors (Lipinski definition) is 0.